The Kier molecular flexibility index (Phi) is 9.59. The zero-order valence-corrected chi connectivity index (χ0v) is 13.8. The molecule has 1 heteroatoms. The maximum absolute atomic E-state index is 2.40. The zero-order chi connectivity index (χ0) is 13.8. The van der Waals surface area contributed by atoms with E-state index in [2.05, 4.69) is 13.8 Å². The summed E-state index contributed by atoms with van der Waals surface area (Å²) in [4.78, 5) is 0. The summed E-state index contributed by atoms with van der Waals surface area (Å²) in [5.74, 6) is 0. The van der Waals surface area contributed by atoms with Gasteiger partial charge in [0, 0.05) is 0 Å². The van der Waals surface area contributed by atoms with Crippen molar-refractivity contribution in [2.45, 2.75) is 90.9 Å². The molecular weight excluding hydrogens is 230 g/mol. The van der Waals surface area contributed by atoms with Gasteiger partial charge in [-0.15, -0.1) is 0 Å². The minimum atomic E-state index is 1.37. The first kappa shape index (κ1) is 17.0. The molecule has 0 aromatic heterocycles. The third kappa shape index (κ3) is 7.34. The Balaban J connectivity index is 1.94. The van der Waals surface area contributed by atoms with Crippen molar-refractivity contribution in [3.63, 3.8) is 0 Å². The Bertz CT molecular complexity index is 194. The van der Waals surface area contributed by atoms with E-state index in [1.807, 2.05) is 0 Å². The topological polar surface area (TPSA) is 0 Å². The Morgan fingerprint density at radius 2 is 1.16 bits per heavy atom. The number of rotatable bonds is 11. The van der Waals surface area contributed by atoms with Crippen molar-refractivity contribution in [3.8, 4) is 0 Å². The van der Waals surface area contributed by atoms with Crippen LogP contribution in [0.1, 0.15) is 90.9 Å². The highest BCUT2D eigenvalue weighted by atomic mass is 15.3. The van der Waals surface area contributed by atoms with Crippen molar-refractivity contribution in [2.75, 3.05) is 26.2 Å². The largest absolute Gasteiger partial charge is 0.324 e. The lowest BCUT2D eigenvalue weighted by Crippen LogP contribution is -2.51. The van der Waals surface area contributed by atoms with Gasteiger partial charge < -0.3 is 4.48 Å². The Morgan fingerprint density at radius 3 is 1.68 bits per heavy atom. The lowest BCUT2D eigenvalue weighted by atomic mass is 10.0. The highest BCUT2D eigenvalue weighted by molar-refractivity contribution is 4.54. The fraction of sp³-hybridized carbons (Fsp3) is 1.00. The van der Waals surface area contributed by atoms with Crippen LogP contribution >= 0.6 is 0 Å². The SMILES string of the molecule is CCCCCCCCCCC[N+]1(CC)CCCCC1. The summed E-state index contributed by atoms with van der Waals surface area (Å²) in [5.41, 5.74) is 0. The highest BCUT2D eigenvalue weighted by Crippen LogP contribution is 2.20. The van der Waals surface area contributed by atoms with Crippen molar-refractivity contribution < 1.29 is 4.48 Å². The van der Waals surface area contributed by atoms with Crippen LogP contribution in [0.5, 0.6) is 0 Å². The van der Waals surface area contributed by atoms with Gasteiger partial charge in [0.2, 0.25) is 0 Å². The summed E-state index contributed by atoms with van der Waals surface area (Å²) in [7, 11) is 0. The summed E-state index contributed by atoms with van der Waals surface area (Å²) in [6, 6.07) is 0. The molecule has 19 heavy (non-hydrogen) atoms. The fourth-order valence-corrected chi connectivity index (χ4v) is 3.64. The molecule has 0 aromatic carbocycles. The van der Waals surface area contributed by atoms with E-state index in [1.54, 1.807) is 0 Å². The summed E-state index contributed by atoms with van der Waals surface area (Å²) in [6.45, 7) is 10.5. The van der Waals surface area contributed by atoms with Gasteiger partial charge in [-0.25, -0.2) is 0 Å². The van der Waals surface area contributed by atoms with Crippen LogP contribution in [0.4, 0.5) is 0 Å². The molecule has 1 aliphatic rings. The summed E-state index contributed by atoms with van der Waals surface area (Å²) in [6.07, 6.45) is 17.6. The number of hydrogen-bond donors (Lipinski definition) is 0. The molecule has 1 aliphatic heterocycles. The van der Waals surface area contributed by atoms with E-state index in [9.17, 15) is 0 Å². The average Bonchev–Trinajstić information content (AvgIpc) is 2.46. The van der Waals surface area contributed by atoms with E-state index in [1.165, 1.54) is 108 Å². The van der Waals surface area contributed by atoms with Crippen molar-refractivity contribution in [1.29, 1.82) is 0 Å². The lowest BCUT2D eigenvalue weighted by Gasteiger charge is -2.41. The smallest absolute Gasteiger partial charge is 0.0786 e. The predicted octanol–water partition coefficient (Wildman–Crippen LogP) is 5.54. The molecule has 0 aliphatic carbocycles. The first-order valence-corrected chi connectivity index (χ1v) is 9.18. The van der Waals surface area contributed by atoms with Gasteiger partial charge >= 0.3 is 0 Å². The van der Waals surface area contributed by atoms with Crippen LogP contribution in [-0.2, 0) is 0 Å². The fourth-order valence-electron chi connectivity index (χ4n) is 3.64. The molecule has 0 atom stereocenters. The third-order valence-electron chi connectivity index (χ3n) is 5.17. The molecule has 1 rings (SSSR count). The molecule has 114 valence electrons. The molecule has 1 nitrogen and oxygen atoms in total. The van der Waals surface area contributed by atoms with Crippen LogP contribution in [0.3, 0.4) is 0 Å². The Morgan fingerprint density at radius 1 is 0.632 bits per heavy atom. The van der Waals surface area contributed by atoms with E-state index in [-0.39, 0.29) is 0 Å². The van der Waals surface area contributed by atoms with Gasteiger partial charge in [0.25, 0.3) is 0 Å². The second-order valence-electron chi connectivity index (χ2n) is 6.72. The number of piperidine rings is 1. The molecular formula is C18H38N+. The number of unbranched alkanes of at least 4 members (excludes halogenated alkanes) is 8. The second-order valence-corrected chi connectivity index (χ2v) is 6.72. The summed E-state index contributed by atoms with van der Waals surface area (Å²) < 4.78 is 1.44. The second kappa shape index (κ2) is 10.7. The van der Waals surface area contributed by atoms with Crippen LogP contribution in [0.15, 0.2) is 0 Å². The van der Waals surface area contributed by atoms with Gasteiger partial charge in [-0.3, -0.25) is 0 Å². The van der Waals surface area contributed by atoms with E-state index in [0.29, 0.717) is 0 Å². The first-order valence-electron chi connectivity index (χ1n) is 9.18. The van der Waals surface area contributed by atoms with E-state index in [0.717, 1.165) is 0 Å². The maximum Gasteiger partial charge on any atom is 0.0786 e. The van der Waals surface area contributed by atoms with E-state index < -0.39 is 0 Å². The van der Waals surface area contributed by atoms with Crippen molar-refractivity contribution in [1.82, 2.24) is 0 Å². The number of hydrogen-bond acceptors (Lipinski definition) is 0. The van der Waals surface area contributed by atoms with Crippen LogP contribution in [0.2, 0.25) is 0 Å². The Labute approximate surface area is 122 Å². The lowest BCUT2D eigenvalue weighted by molar-refractivity contribution is -0.931. The van der Waals surface area contributed by atoms with Gasteiger partial charge in [-0.1, -0.05) is 51.9 Å². The van der Waals surface area contributed by atoms with Gasteiger partial charge in [0.05, 0.1) is 26.2 Å². The molecule has 0 aromatic rings. The van der Waals surface area contributed by atoms with Crippen LogP contribution < -0.4 is 0 Å². The van der Waals surface area contributed by atoms with Crippen LogP contribution in [-0.4, -0.2) is 30.7 Å². The Hall–Kier alpha value is -0.0400. The minimum absolute atomic E-state index is 1.37. The molecule has 1 saturated heterocycles. The van der Waals surface area contributed by atoms with Gasteiger partial charge in [-0.2, -0.15) is 0 Å². The van der Waals surface area contributed by atoms with E-state index >= 15 is 0 Å². The molecule has 0 amide bonds. The molecule has 0 radical (unpaired) electrons. The minimum Gasteiger partial charge on any atom is -0.324 e. The van der Waals surface area contributed by atoms with Crippen LogP contribution in [0, 0.1) is 0 Å². The van der Waals surface area contributed by atoms with Crippen molar-refractivity contribution >= 4 is 0 Å². The molecule has 0 unspecified atom stereocenters. The van der Waals surface area contributed by atoms with Crippen molar-refractivity contribution in [2.24, 2.45) is 0 Å². The molecule has 1 heterocycles. The summed E-state index contributed by atoms with van der Waals surface area (Å²) >= 11 is 0. The predicted molar refractivity (Wildman–Crippen MR) is 86.5 cm³/mol. The number of quaternary nitrogens is 1. The monoisotopic (exact) mass is 268 g/mol. The van der Waals surface area contributed by atoms with Gasteiger partial charge in [0.1, 0.15) is 0 Å². The third-order valence-corrected chi connectivity index (χ3v) is 5.17. The normalized spacial score (nSPS) is 18.6. The molecule has 1 fully saturated rings. The van der Waals surface area contributed by atoms with Crippen molar-refractivity contribution in [3.05, 3.63) is 0 Å². The standard InChI is InChI=1S/C18H38N/c1-3-5-6-7-8-9-10-11-13-16-19(4-2)17-14-12-15-18-19/h3-18H2,1-2H3/q+1. The van der Waals surface area contributed by atoms with Gasteiger partial charge in [0.15, 0.2) is 0 Å². The number of likely N-dealkylation sites (tertiary alicyclic amines) is 1. The molecule has 0 saturated carbocycles. The molecule has 0 N–H and O–H groups in total. The van der Waals surface area contributed by atoms with Crippen LogP contribution in [0.25, 0.3) is 0 Å². The highest BCUT2D eigenvalue weighted by Gasteiger charge is 2.26. The van der Waals surface area contributed by atoms with Gasteiger partial charge in [-0.05, 0) is 39.0 Å². The zero-order valence-electron chi connectivity index (χ0n) is 13.8. The number of nitrogens with zero attached hydrogens (tertiary/aromatic N) is 1. The molecule has 0 bridgehead atoms. The van der Waals surface area contributed by atoms with E-state index in [4.69, 9.17) is 0 Å². The average molecular weight is 269 g/mol. The maximum atomic E-state index is 2.40. The summed E-state index contributed by atoms with van der Waals surface area (Å²) in [5, 5.41) is 0. The molecule has 0 spiro atoms. The quantitative estimate of drug-likeness (QED) is 0.341. The first-order chi connectivity index (χ1) is 9.33.